The van der Waals surface area contributed by atoms with Crippen LogP contribution in [-0.4, -0.2) is 28.0 Å². The summed E-state index contributed by atoms with van der Waals surface area (Å²) in [5.41, 5.74) is 0.291. The number of amides is 1. The second kappa shape index (κ2) is 8.74. The Morgan fingerprint density at radius 3 is 2.21 bits per heavy atom. The minimum Gasteiger partial charge on any atom is -0.497 e. The third-order valence-corrected chi connectivity index (χ3v) is 5.89. The van der Waals surface area contributed by atoms with Crippen molar-refractivity contribution in [3.8, 4) is 5.75 Å². The van der Waals surface area contributed by atoms with Crippen molar-refractivity contribution in [2.24, 2.45) is 0 Å². The standard InChI is InChI=1S/C21H19FN2O4S/c1-28-17-11-13-18(14-12-17)29(26,27)24(20-10-6-5-9-19(20)22)15-21(25)23-16-7-3-2-4-8-16/h2-14H,15H2,1H3,(H,23,25). The molecule has 0 saturated heterocycles. The van der Waals surface area contributed by atoms with Crippen molar-refractivity contribution in [2.45, 2.75) is 4.90 Å². The summed E-state index contributed by atoms with van der Waals surface area (Å²) in [5.74, 6) is -0.878. The molecule has 29 heavy (non-hydrogen) atoms. The first-order valence-electron chi connectivity index (χ1n) is 8.68. The topological polar surface area (TPSA) is 75.7 Å². The minimum absolute atomic E-state index is 0.0888. The predicted octanol–water partition coefficient (Wildman–Crippen LogP) is 3.67. The van der Waals surface area contributed by atoms with Gasteiger partial charge in [0.25, 0.3) is 10.0 Å². The molecule has 1 N–H and O–H groups in total. The average molecular weight is 414 g/mol. The highest BCUT2D eigenvalue weighted by Gasteiger charge is 2.29. The van der Waals surface area contributed by atoms with E-state index in [1.807, 2.05) is 0 Å². The predicted molar refractivity (Wildman–Crippen MR) is 109 cm³/mol. The zero-order valence-corrected chi connectivity index (χ0v) is 16.4. The van der Waals surface area contributed by atoms with Crippen LogP contribution < -0.4 is 14.4 Å². The number of rotatable bonds is 7. The maximum Gasteiger partial charge on any atom is 0.264 e. The zero-order valence-electron chi connectivity index (χ0n) is 15.6. The number of hydrogen-bond donors (Lipinski definition) is 1. The Kier molecular flexibility index (Phi) is 6.13. The smallest absolute Gasteiger partial charge is 0.264 e. The van der Waals surface area contributed by atoms with Crippen LogP contribution in [0.5, 0.6) is 5.75 Å². The van der Waals surface area contributed by atoms with Crippen LogP contribution >= 0.6 is 0 Å². The molecule has 0 aromatic heterocycles. The Labute approximate surface area is 168 Å². The molecule has 0 aliphatic heterocycles. The molecule has 0 spiro atoms. The number of nitrogens with zero attached hydrogens (tertiary/aromatic N) is 1. The lowest BCUT2D eigenvalue weighted by atomic mass is 10.3. The number of methoxy groups -OCH3 is 1. The second-order valence-electron chi connectivity index (χ2n) is 6.05. The van der Waals surface area contributed by atoms with E-state index in [9.17, 15) is 17.6 Å². The number of carbonyl (C=O) groups excluding carboxylic acids is 1. The maximum absolute atomic E-state index is 14.4. The highest BCUT2D eigenvalue weighted by atomic mass is 32.2. The van der Waals surface area contributed by atoms with Crippen molar-refractivity contribution >= 4 is 27.3 Å². The first-order valence-corrected chi connectivity index (χ1v) is 10.1. The number of ether oxygens (including phenoxy) is 1. The van der Waals surface area contributed by atoms with Gasteiger partial charge in [0, 0.05) is 5.69 Å². The van der Waals surface area contributed by atoms with Gasteiger partial charge in [-0.15, -0.1) is 0 Å². The molecular formula is C21H19FN2O4S. The molecule has 3 aromatic rings. The van der Waals surface area contributed by atoms with E-state index in [0.29, 0.717) is 11.4 Å². The van der Waals surface area contributed by atoms with Gasteiger partial charge in [-0.05, 0) is 48.5 Å². The Morgan fingerprint density at radius 1 is 0.966 bits per heavy atom. The first-order chi connectivity index (χ1) is 13.9. The van der Waals surface area contributed by atoms with Crippen LogP contribution in [0.15, 0.2) is 83.8 Å². The van der Waals surface area contributed by atoms with E-state index in [-0.39, 0.29) is 10.6 Å². The molecule has 8 heteroatoms. The zero-order chi connectivity index (χ0) is 20.9. The molecule has 0 radical (unpaired) electrons. The summed E-state index contributed by atoms with van der Waals surface area (Å²) in [6.07, 6.45) is 0. The highest BCUT2D eigenvalue weighted by molar-refractivity contribution is 7.92. The van der Waals surface area contributed by atoms with E-state index in [0.717, 1.165) is 10.4 Å². The van der Waals surface area contributed by atoms with E-state index >= 15 is 0 Å². The summed E-state index contributed by atoms with van der Waals surface area (Å²) in [6.45, 7) is -0.593. The summed E-state index contributed by atoms with van der Waals surface area (Å²) in [6, 6.07) is 19.7. The van der Waals surface area contributed by atoms with Crippen molar-refractivity contribution < 1.29 is 22.3 Å². The molecule has 0 saturated carbocycles. The first kappa shape index (κ1) is 20.3. The lowest BCUT2D eigenvalue weighted by molar-refractivity contribution is -0.114. The van der Waals surface area contributed by atoms with Crippen molar-refractivity contribution in [3.05, 3.63) is 84.7 Å². The number of anilines is 2. The molecule has 150 valence electrons. The number of benzene rings is 3. The number of nitrogens with one attached hydrogen (secondary N) is 1. The van der Waals surface area contributed by atoms with Crippen LogP contribution in [0.3, 0.4) is 0 Å². The second-order valence-corrected chi connectivity index (χ2v) is 7.92. The van der Waals surface area contributed by atoms with E-state index in [1.165, 1.54) is 49.6 Å². The summed E-state index contributed by atoms with van der Waals surface area (Å²) in [4.78, 5) is 12.4. The van der Waals surface area contributed by atoms with Gasteiger partial charge in [0.15, 0.2) is 0 Å². The van der Waals surface area contributed by atoms with Crippen molar-refractivity contribution in [1.29, 1.82) is 0 Å². The Bertz CT molecular complexity index is 1090. The summed E-state index contributed by atoms with van der Waals surface area (Å²) in [5, 5.41) is 2.62. The van der Waals surface area contributed by atoms with Gasteiger partial charge in [0.1, 0.15) is 18.1 Å². The molecule has 3 aromatic carbocycles. The van der Waals surface area contributed by atoms with Crippen molar-refractivity contribution in [3.63, 3.8) is 0 Å². The molecule has 0 atom stereocenters. The lowest BCUT2D eigenvalue weighted by Gasteiger charge is -2.24. The number of para-hydroxylation sites is 2. The number of carbonyl (C=O) groups is 1. The van der Waals surface area contributed by atoms with Crippen LogP contribution in [0.4, 0.5) is 15.8 Å². The SMILES string of the molecule is COc1ccc(S(=O)(=O)N(CC(=O)Nc2ccccc2)c2ccccc2F)cc1. The molecule has 0 heterocycles. The Morgan fingerprint density at radius 2 is 1.59 bits per heavy atom. The average Bonchev–Trinajstić information content (AvgIpc) is 2.73. The normalized spacial score (nSPS) is 11.0. The fourth-order valence-corrected chi connectivity index (χ4v) is 4.11. The molecule has 3 rings (SSSR count). The van der Waals surface area contributed by atoms with Gasteiger partial charge in [0.2, 0.25) is 5.91 Å². The number of hydrogen-bond acceptors (Lipinski definition) is 4. The molecule has 1 amide bonds. The molecule has 0 unspecified atom stereocenters. The third-order valence-electron chi connectivity index (χ3n) is 4.11. The van der Waals surface area contributed by atoms with Gasteiger partial charge in [-0.2, -0.15) is 0 Å². The van der Waals surface area contributed by atoms with E-state index < -0.39 is 28.3 Å². The maximum atomic E-state index is 14.4. The summed E-state index contributed by atoms with van der Waals surface area (Å²) < 4.78 is 46.6. The summed E-state index contributed by atoms with van der Waals surface area (Å²) in [7, 11) is -2.75. The van der Waals surface area contributed by atoms with Gasteiger partial charge in [-0.3, -0.25) is 9.10 Å². The van der Waals surface area contributed by atoms with Gasteiger partial charge in [-0.25, -0.2) is 12.8 Å². The van der Waals surface area contributed by atoms with Crippen LogP contribution in [0, 0.1) is 5.82 Å². The van der Waals surface area contributed by atoms with E-state index in [1.54, 1.807) is 30.3 Å². The molecule has 6 nitrogen and oxygen atoms in total. The van der Waals surface area contributed by atoms with Gasteiger partial charge < -0.3 is 10.1 Å². The molecular weight excluding hydrogens is 395 g/mol. The summed E-state index contributed by atoms with van der Waals surface area (Å²) >= 11 is 0. The Hall–Kier alpha value is -3.39. The number of sulfonamides is 1. The van der Waals surface area contributed by atoms with Gasteiger partial charge in [-0.1, -0.05) is 30.3 Å². The number of halogens is 1. The van der Waals surface area contributed by atoms with Crippen LogP contribution in [0.1, 0.15) is 0 Å². The minimum atomic E-state index is -4.21. The molecule has 0 fully saturated rings. The van der Waals surface area contributed by atoms with Crippen LogP contribution in [0.2, 0.25) is 0 Å². The van der Waals surface area contributed by atoms with Crippen molar-refractivity contribution in [1.82, 2.24) is 0 Å². The van der Waals surface area contributed by atoms with Gasteiger partial charge >= 0.3 is 0 Å². The van der Waals surface area contributed by atoms with Crippen LogP contribution in [0.25, 0.3) is 0 Å². The van der Waals surface area contributed by atoms with Crippen molar-refractivity contribution in [2.75, 3.05) is 23.3 Å². The molecule has 0 aliphatic rings. The Balaban J connectivity index is 1.96. The molecule has 0 bridgehead atoms. The van der Waals surface area contributed by atoms with Crippen LogP contribution in [-0.2, 0) is 14.8 Å². The monoisotopic (exact) mass is 414 g/mol. The fourth-order valence-electron chi connectivity index (χ4n) is 2.68. The quantitative estimate of drug-likeness (QED) is 0.640. The highest BCUT2D eigenvalue weighted by Crippen LogP contribution is 2.27. The lowest BCUT2D eigenvalue weighted by Crippen LogP contribution is -2.38. The fraction of sp³-hybridized carbons (Fsp3) is 0.0952. The third kappa shape index (κ3) is 4.72. The van der Waals surface area contributed by atoms with E-state index in [4.69, 9.17) is 4.74 Å². The molecule has 0 aliphatic carbocycles. The van der Waals surface area contributed by atoms with Gasteiger partial charge in [0.05, 0.1) is 17.7 Å². The van der Waals surface area contributed by atoms with E-state index in [2.05, 4.69) is 5.32 Å². The largest absolute Gasteiger partial charge is 0.497 e.